The standard InChI is InChI=1S/C35H38O6S2/c1-42-43(36)35-34(40-25-30-20-12-5-13-21-30)33(39-24-29-18-10-4-11-19-29)32(38-23-28-16-8-3-9-17-28)31(41-35)26-37-22-27-14-6-2-7-15-27/h2-21,31-35H,22-26H2,1H3/t31-,32-,33+,34-,35+,43?/m1/s1. The van der Waals surface area contributed by atoms with E-state index in [1.165, 1.54) is 10.8 Å². The maximum absolute atomic E-state index is 13.5. The van der Waals surface area contributed by atoms with Crippen LogP contribution in [0.3, 0.4) is 0 Å². The van der Waals surface area contributed by atoms with Crippen molar-refractivity contribution in [3.05, 3.63) is 144 Å². The molecule has 4 aromatic carbocycles. The van der Waals surface area contributed by atoms with E-state index in [0.29, 0.717) is 26.4 Å². The first kappa shape index (κ1) is 31.6. The first-order chi connectivity index (χ1) is 21.2. The summed E-state index contributed by atoms with van der Waals surface area (Å²) in [5, 5.41) is 0. The van der Waals surface area contributed by atoms with Gasteiger partial charge in [0.15, 0.2) is 5.44 Å². The first-order valence-corrected chi connectivity index (χ1v) is 17.4. The summed E-state index contributed by atoms with van der Waals surface area (Å²) in [6, 6.07) is 40.0. The van der Waals surface area contributed by atoms with Gasteiger partial charge in [-0.2, -0.15) is 0 Å². The molecule has 1 aliphatic heterocycles. The molecule has 0 N–H and O–H groups in total. The molecule has 0 aromatic heterocycles. The van der Waals surface area contributed by atoms with Crippen LogP contribution in [0, 0.1) is 0 Å². The Bertz CT molecular complexity index is 1360. The quantitative estimate of drug-likeness (QED) is 0.137. The minimum Gasteiger partial charge on any atom is -0.374 e. The average molecular weight is 619 g/mol. The highest BCUT2D eigenvalue weighted by atomic mass is 33.1. The van der Waals surface area contributed by atoms with Crippen LogP contribution in [0.25, 0.3) is 0 Å². The SMILES string of the molecule is CSS(=O)[C@@H]1O[C@H](COCc2ccccc2)[C@@H](OCc2ccccc2)[C@H](OCc2ccccc2)[C@H]1OCc1ccccc1. The van der Waals surface area contributed by atoms with E-state index in [1.54, 1.807) is 0 Å². The second kappa shape index (κ2) is 16.9. The van der Waals surface area contributed by atoms with Gasteiger partial charge in [-0.1, -0.05) is 132 Å². The lowest BCUT2D eigenvalue weighted by molar-refractivity contribution is -0.255. The Morgan fingerprint density at radius 3 is 1.42 bits per heavy atom. The van der Waals surface area contributed by atoms with Crippen molar-refractivity contribution in [2.24, 2.45) is 0 Å². The summed E-state index contributed by atoms with van der Waals surface area (Å²) in [6.07, 6.45) is -0.496. The largest absolute Gasteiger partial charge is 0.374 e. The van der Waals surface area contributed by atoms with E-state index in [4.69, 9.17) is 23.7 Å². The lowest BCUT2D eigenvalue weighted by Gasteiger charge is -2.45. The molecule has 226 valence electrons. The van der Waals surface area contributed by atoms with E-state index in [2.05, 4.69) is 0 Å². The van der Waals surface area contributed by atoms with Gasteiger partial charge in [-0.25, -0.2) is 4.21 Å². The molecule has 43 heavy (non-hydrogen) atoms. The normalized spacial score (nSPS) is 22.7. The van der Waals surface area contributed by atoms with Gasteiger partial charge in [-0.3, -0.25) is 0 Å². The average Bonchev–Trinajstić information content (AvgIpc) is 3.07. The topological polar surface area (TPSA) is 63.2 Å². The van der Waals surface area contributed by atoms with Crippen LogP contribution >= 0.6 is 10.8 Å². The maximum atomic E-state index is 13.5. The van der Waals surface area contributed by atoms with Crippen molar-refractivity contribution in [1.29, 1.82) is 0 Å². The fourth-order valence-corrected chi connectivity index (χ4v) is 6.91. The molecule has 6 nitrogen and oxygen atoms in total. The molecule has 1 saturated heterocycles. The smallest absolute Gasteiger partial charge is 0.171 e. The zero-order chi connectivity index (χ0) is 29.7. The van der Waals surface area contributed by atoms with Gasteiger partial charge in [0.05, 0.1) is 33.0 Å². The highest BCUT2D eigenvalue weighted by molar-refractivity contribution is 8.69. The van der Waals surface area contributed by atoms with Crippen molar-refractivity contribution < 1.29 is 27.9 Å². The van der Waals surface area contributed by atoms with Crippen LogP contribution in [-0.4, -0.2) is 46.9 Å². The molecule has 0 radical (unpaired) electrons. The minimum atomic E-state index is -1.41. The molecule has 0 amide bonds. The molecule has 1 unspecified atom stereocenters. The molecule has 1 heterocycles. The summed E-state index contributed by atoms with van der Waals surface area (Å²) in [5.74, 6) is 0. The van der Waals surface area contributed by atoms with Gasteiger partial charge in [0.1, 0.15) is 34.2 Å². The second-order valence-electron chi connectivity index (χ2n) is 10.3. The number of ether oxygens (including phenoxy) is 5. The zero-order valence-corrected chi connectivity index (χ0v) is 25.9. The van der Waals surface area contributed by atoms with Crippen molar-refractivity contribution >= 4 is 20.6 Å². The second-order valence-corrected chi connectivity index (χ2v) is 13.6. The van der Waals surface area contributed by atoms with Crippen LogP contribution in [0.2, 0.25) is 0 Å². The Morgan fingerprint density at radius 1 is 0.581 bits per heavy atom. The Hall–Kier alpha value is -2.82. The minimum absolute atomic E-state index is 0.243. The van der Waals surface area contributed by atoms with Gasteiger partial charge in [0.2, 0.25) is 0 Å². The summed E-state index contributed by atoms with van der Waals surface area (Å²) in [5.41, 5.74) is 3.38. The Kier molecular flexibility index (Phi) is 12.4. The zero-order valence-electron chi connectivity index (χ0n) is 24.2. The van der Waals surface area contributed by atoms with Crippen LogP contribution in [0.5, 0.6) is 0 Å². The van der Waals surface area contributed by atoms with E-state index < -0.39 is 39.7 Å². The third-order valence-corrected chi connectivity index (χ3v) is 9.84. The van der Waals surface area contributed by atoms with Gasteiger partial charge < -0.3 is 23.7 Å². The van der Waals surface area contributed by atoms with Gasteiger partial charge in [0.25, 0.3) is 0 Å². The lowest BCUT2D eigenvalue weighted by Crippen LogP contribution is -2.61. The molecule has 1 aliphatic rings. The molecule has 6 atom stereocenters. The number of benzene rings is 4. The first-order valence-electron chi connectivity index (χ1n) is 14.4. The van der Waals surface area contributed by atoms with Crippen molar-refractivity contribution in [3.8, 4) is 0 Å². The highest BCUT2D eigenvalue weighted by Crippen LogP contribution is 2.34. The van der Waals surface area contributed by atoms with Crippen LogP contribution < -0.4 is 0 Å². The Morgan fingerprint density at radius 2 is 0.977 bits per heavy atom. The molecule has 5 rings (SSSR count). The molecule has 0 spiro atoms. The van der Waals surface area contributed by atoms with Gasteiger partial charge >= 0.3 is 0 Å². The van der Waals surface area contributed by atoms with E-state index >= 15 is 0 Å². The predicted octanol–water partition coefficient (Wildman–Crippen LogP) is 6.71. The molecule has 0 aliphatic carbocycles. The molecular formula is C35H38O6S2. The molecule has 0 bridgehead atoms. The van der Waals surface area contributed by atoms with Crippen LogP contribution in [0.4, 0.5) is 0 Å². The van der Waals surface area contributed by atoms with Gasteiger partial charge in [0, 0.05) is 0 Å². The van der Waals surface area contributed by atoms with Crippen molar-refractivity contribution in [2.45, 2.75) is 56.3 Å². The van der Waals surface area contributed by atoms with Crippen molar-refractivity contribution in [3.63, 3.8) is 0 Å². The third kappa shape index (κ3) is 9.33. The summed E-state index contributed by atoms with van der Waals surface area (Å²) < 4.78 is 46.0. The molecule has 1 fully saturated rings. The van der Waals surface area contributed by atoms with Gasteiger partial charge in [-0.05, 0) is 28.5 Å². The number of hydrogen-bond acceptors (Lipinski definition) is 7. The molecule has 4 aromatic rings. The van der Waals surface area contributed by atoms with E-state index in [1.807, 2.05) is 128 Å². The van der Waals surface area contributed by atoms with Crippen LogP contribution in [0.1, 0.15) is 22.3 Å². The van der Waals surface area contributed by atoms with Crippen molar-refractivity contribution in [2.75, 3.05) is 12.9 Å². The number of hydrogen-bond donors (Lipinski definition) is 0. The molecular weight excluding hydrogens is 581 g/mol. The fraction of sp³-hybridized carbons (Fsp3) is 0.314. The summed E-state index contributed by atoms with van der Waals surface area (Å²) in [7, 11) is -0.171. The van der Waals surface area contributed by atoms with Crippen molar-refractivity contribution in [1.82, 2.24) is 0 Å². The number of rotatable bonds is 15. The highest BCUT2D eigenvalue weighted by Gasteiger charge is 2.50. The van der Waals surface area contributed by atoms with E-state index in [0.717, 1.165) is 22.3 Å². The van der Waals surface area contributed by atoms with Crippen LogP contribution in [-0.2, 0) is 59.9 Å². The summed E-state index contributed by atoms with van der Waals surface area (Å²) in [4.78, 5) is 0. The molecule has 0 saturated carbocycles. The fourth-order valence-electron chi connectivity index (χ4n) is 5.00. The third-order valence-electron chi connectivity index (χ3n) is 7.19. The monoisotopic (exact) mass is 618 g/mol. The Labute approximate surface area is 260 Å². The summed E-state index contributed by atoms with van der Waals surface area (Å²) in [6.45, 7) is 1.69. The van der Waals surface area contributed by atoms with Crippen LogP contribution in [0.15, 0.2) is 121 Å². The summed E-state index contributed by atoms with van der Waals surface area (Å²) >= 11 is 0. The van der Waals surface area contributed by atoms with E-state index in [-0.39, 0.29) is 6.61 Å². The van der Waals surface area contributed by atoms with Gasteiger partial charge in [-0.15, -0.1) is 0 Å². The maximum Gasteiger partial charge on any atom is 0.171 e. The lowest BCUT2D eigenvalue weighted by atomic mass is 9.98. The molecule has 8 heteroatoms. The van der Waals surface area contributed by atoms with E-state index in [9.17, 15) is 4.21 Å². The predicted molar refractivity (Wildman–Crippen MR) is 171 cm³/mol. The Balaban J connectivity index is 1.43.